The van der Waals surface area contributed by atoms with Crippen LogP contribution in [0, 0.1) is 5.82 Å². The van der Waals surface area contributed by atoms with Crippen LogP contribution < -0.4 is 21.3 Å². The van der Waals surface area contributed by atoms with E-state index in [2.05, 4.69) is 21.3 Å². The third-order valence-corrected chi connectivity index (χ3v) is 4.02. The van der Waals surface area contributed by atoms with Gasteiger partial charge in [0.1, 0.15) is 11.9 Å². The number of anilines is 4. The molecule has 0 aromatic heterocycles. The van der Waals surface area contributed by atoms with Gasteiger partial charge < -0.3 is 21.3 Å². The minimum absolute atomic E-state index is 0.309. The lowest BCUT2D eigenvalue weighted by Crippen LogP contribution is -2.31. The number of carbonyl (C=O) groups is 2. The van der Waals surface area contributed by atoms with Gasteiger partial charge in [-0.05, 0) is 55.5 Å². The van der Waals surface area contributed by atoms with E-state index in [4.69, 9.17) is 0 Å². The van der Waals surface area contributed by atoms with E-state index in [1.54, 1.807) is 49.4 Å². The molecule has 4 N–H and O–H groups in total. The Kier molecular flexibility index (Phi) is 6.42. The fraction of sp³-hybridized carbons (Fsp3) is 0.0909. The van der Waals surface area contributed by atoms with Gasteiger partial charge in [0, 0.05) is 22.7 Å². The second kappa shape index (κ2) is 9.36. The van der Waals surface area contributed by atoms with Crippen LogP contribution in [0.15, 0.2) is 78.9 Å². The van der Waals surface area contributed by atoms with E-state index in [9.17, 15) is 14.0 Å². The van der Waals surface area contributed by atoms with Crippen molar-refractivity contribution in [1.82, 2.24) is 0 Å². The molecule has 0 aliphatic carbocycles. The van der Waals surface area contributed by atoms with Crippen molar-refractivity contribution >= 4 is 34.7 Å². The second-order valence-corrected chi connectivity index (χ2v) is 6.39. The largest absolute Gasteiger partial charge is 0.374 e. The number of rotatable bonds is 6. The summed E-state index contributed by atoms with van der Waals surface area (Å²) in [6.07, 6.45) is 0. The first-order valence-corrected chi connectivity index (χ1v) is 9.06. The number of nitrogens with one attached hydrogen (secondary N) is 4. The van der Waals surface area contributed by atoms with Gasteiger partial charge in [0.15, 0.2) is 0 Å². The maximum Gasteiger partial charge on any atom is 0.323 e. The number of carbonyl (C=O) groups excluding carboxylic acids is 2. The molecule has 3 rings (SSSR count). The molecule has 3 aromatic carbocycles. The molecule has 0 saturated carbocycles. The van der Waals surface area contributed by atoms with Gasteiger partial charge in [-0.2, -0.15) is 0 Å². The van der Waals surface area contributed by atoms with Gasteiger partial charge >= 0.3 is 6.03 Å². The fourth-order valence-corrected chi connectivity index (χ4v) is 2.63. The van der Waals surface area contributed by atoms with E-state index in [1.165, 1.54) is 18.2 Å². The number of benzene rings is 3. The molecule has 0 heterocycles. The molecule has 148 valence electrons. The van der Waals surface area contributed by atoms with Crippen molar-refractivity contribution in [2.75, 3.05) is 21.3 Å². The lowest BCUT2D eigenvalue weighted by molar-refractivity contribution is -0.116. The zero-order chi connectivity index (χ0) is 20.6. The second-order valence-electron chi connectivity index (χ2n) is 6.39. The van der Waals surface area contributed by atoms with Crippen LogP contribution in [-0.4, -0.2) is 18.0 Å². The van der Waals surface area contributed by atoms with Crippen LogP contribution in [0.3, 0.4) is 0 Å². The maximum atomic E-state index is 13.2. The molecule has 0 spiro atoms. The summed E-state index contributed by atoms with van der Waals surface area (Å²) in [5.74, 6) is -0.730. The van der Waals surface area contributed by atoms with Crippen molar-refractivity contribution in [1.29, 1.82) is 0 Å². The average Bonchev–Trinajstić information content (AvgIpc) is 2.69. The van der Waals surface area contributed by atoms with E-state index in [1.807, 2.05) is 18.2 Å². The van der Waals surface area contributed by atoms with Gasteiger partial charge in [-0.1, -0.05) is 30.3 Å². The Hall–Kier alpha value is -3.87. The molecule has 0 unspecified atom stereocenters. The molecule has 3 amide bonds. The van der Waals surface area contributed by atoms with Crippen molar-refractivity contribution < 1.29 is 14.0 Å². The molecule has 0 radical (unpaired) electrons. The predicted molar refractivity (Wildman–Crippen MR) is 114 cm³/mol. The smallest absolute Gasteiger partial charge is 0.323 e. The number of hydrogen-bond acceptors (Lipinski definition) is 3. The van der Waals surface area contributed by atoms with E-state index < -0.39 is 11.9 Å². The van der Waals surface area contributed by atoms with E-state index in [0.717, 1.165) is 0 Å². The number of amides is 3. The molecule has 0 fully saturated rings. The van der Waals surface area contributed by atoms with Crippen LogP contribution in [0.1, 0.15) is 6.92 Å². The summed E-state index contributed by atoms with van der Waals surface area (Å²) in [5.41, 5.74) is 2.30. The molecule has 6 nitrogen and oxygen atoms in total. The van der Waals surface area contributed by atoms with Gasteiger partial charge in [0.05, 0.1) is 0 Å². The first-order valence-electron chi connectivity index (χ1n) is 9.06. The van der Waals surface area contributed by atoms with Gasteiger partial charge in [-0.25, -0.2) is 9.18 Å². The van der Waals surface area contributed by atoms with Crippen molar-refractivity contribution in [2.24, 2.45) is 0 Å². The summed E-state index contributed by atoms with van der Waals surface area (Å²) < 4.78 is 13.2. The summed E-state index contributed by atoms with van der Waals surface area (Å²) >= 11 is 0. The summed E-state index contributed by atoms with van der Waals surface area (Å²) in [7, 11) is 0. The highest BCUT2D eigenvalue weighted by atomic mass is 19.1. The SMILES string of the molecule is C[C@@H](Nc1cccc(NC(=O)Nc2ccccc2)c1)C(=O)Nc1cccc(F)c1. The third-order valence-electron chi connectivity index (χ3n) is 4.02. The van der Waals surface area contributed by atoms with Crippen molar-refractivity contribution in [3.05, 3.63) is 84.7 Å². The summed E-state index contributed by atoms with van der Waals surface area (Å²) in [6, 6.07) is 20.9. The van der Waals surface area contributed by atoms with Crippen molar-refractivity contribution in [3.8, 4) is 0 Å². The number of halogens is 1. The van der Waals surface area contributed by atoms with Gasteiger partial charge in [-0.3, -0.25) is 4.79 Å². The van der Waals surface area contributed by atoms with Gasteiger partial charge in [0.25, 0.3) is 0 Å². The van der Waals surface area contributed by atoms with Crippen LogP contribution in [0.5, 0.6) is 0 Å². The van der Waals surface area contributed by atoms with Crippen LogP contribution >= 0.6 is 0 Å². The summed E-state index contributed by atoms with van der Waals surface area (Å²) in [4.78, 5) is 24.4. The third kappa shape index (κ3) is 6.07. The molecular weight excluding hydrogens is 371 g/mol. The summed E-state index contributed by atoms with van der Waals surface area (Å²) in [6.45, 7) is 1.69. The monoisotopic (exact) mass is 392 g/mol. The van der Waals surface area contributed by atoms with E-state index in [0.29, 0.717) is 22.7 Å². The van der Waals surface area contributed by atoms with Crippen LogP contribution in [0.2, 0.25) is 0 Å². The molecule has 0 aliphatic rings. The van der Waals surface area contributed by atoms with Crippen molar-refractivity contribution in [3.63, 3.8) is 0 Å². The minimum Gasteiger partial charge on any atom is -0.374 e. The standard InChI is InChI=1S/C22H21FN4O2/c1-15(21(28)25-18-10-5-7-16(23)13-18)24-19-11-6-12-20(14-19)27-22(29)26-17-8-3-2-4-9-17/h2-15,24H,1H3,(H,25,28)(H2,26,27,29)/t15-/m1/s1. The maximum absolute atomic E-state index is 13.2. The first kappa shape index (κ1) is 19.9. The zero-order valence-electron chi connectivity index (χ0n) is 15.8. The number of hydrogen-bond donors (Lipinski definition) is 4. The molecular formula is C22H21FN4O2. The highest BCUT2D eigenvalue weighted by Gasteiger charge is 2.13. The van der Waals surface area contributed by atoms with E-state index >= 15 is 0 Å². The zero-order valence-corrected chi connectivity index (χ0v) is 15.8. The molecule has 3 aromatic rings. The van der Waals surface area contributed by atoms with Crippen LogP contribution in [0.25, 0.3) is 0 Å². The van der Waals surface area contributed by atoms with Crippen molar-refractivity contribution in [2.45, 2.75) is 13.0 Å². The predicted octanol–water partition coefficient (Wildman–Crippen LogP) is 4.91. The lowest BCUT2D eigenvalue weighted by Gasteiger charge is -2.16. The Morgan fingerprint density at radius 2 is 1.31 bits per heavy atom. The highest BCUT2D eigenvalue weighted by molar-refractivity contribution is 6.00. The van der Waals surface area contributed by atoms with E-state index in [-0.39, 0.29) is 11.9 Å². The van der Waals surface area contributed by atoms with Crippen LogP contribution in [-0.2, 0) is 4.79 Å². The Bertz CT molecular complexity index is 995. The normalized spacial score (nSPS) is 11.2. The Labute approximate surface area is 168 Å². The minimum atomic E-state index is -0.577. The van der Waals surface area contributed by atoms with Gasteiger partial charge in [-0.15, -0.1) is 0 Å². The molecule has 29 heavy (non-hydrogen) atoms. The lowest BCUT2D eigenvalue weighted by atomic mass is 10.2. The first-order chi connectivity index (χ1) is 14.0. The Balaban J connectivity index is 1.57. The number of urea groups is 1. The highest BCUT2D eigenvalue weighted by Crippen LogP contribution is 2.17. The summed E-state index contributed by atoms with van der Waals surface area (Å²) in [5, 5.41) is 11.2. The quantitative estimate of drug-likeness (QED) is 0.481. The fourth-order valence-electron chi connectivity index (χ4n) is 2.63. The number of para-hydroxylation sites is 1. The molecule has 0 aliphatic heterocycles. The Morgan fingerprint density at radius 3 is 2.03 bits per heavy atom. The molecule has 0 bridgehead atoms. The average molecular weight is 392 g/mol. The Morgan fingerprint density at radius 1 is 0.724 bits per heavy atom. The van der Waals surface area contributed by atoms with Crippen LogP contribution in [0.4, 0.5) is 31.9 Å². The molecule has 0 saturated heterocycles. The molecule has 7 heteroatoms. The topological polar surface area (TPSA) is 82.3 Å². The van der Waals surface area contributed by atoms with Gasteiger partial charge in [0.2, 0.25) is 5.91 Å². The molecule has 1 atom stereocenters.